The van der Waals surface area contributed by atoms with Crippen molar-refractivity contribution in [2.75, 3.05) is 7.05 Å². The van der Waals surface area contributed by atoms with Gasteiger partial charge in [-0.3, -0.25) is 5.10 Å². The SMILES string of the molecule is C#CC(NC)c1ncn[nH]1. The number of hydrogen-bond acceptors (Lipinski definition) is 3. The first-order chi connectivity index (χ1) is 4.88. The van der Waals surface area contributed by atoms with Gasteiger partial charge in [-0.05, 0) is 7.05 Å². The third kappa shape index (κ3) is 1.14. The van der Waals surface area contributed by atoms with Crippen LogP contribution in [-0.4, -0.2) is 22.2 Å². The van der Waals surface area contributed by atoms with Crippen molar-refractivity contribution in [1.82, 2.24) is 20.5 Å². The van der Waals surface area contributed by atoms with Gasteiger partial charge in [0.1, 0.15) is 12.4 Å². The number of aromatic amines is 1. The molecule has 1 aromatic rings. The summed E-state index contributed by atoms with van der Waals surface area (Å²) in [6.07, 6.45) is 6.60. The minimum atomic E-state index is -0.164. The molecule has 4 nitrogen and oxygen atoms in total. The Morgan fingerprint density at radius 3 is 3.10 bits per heavy atom. The first kappa shape index (κ1) is 6.78. The molecule has 52 valence electrons. The maximum Gasteiger partial charge on any atom is 0.153 e. The van der Waals surface area contributed by atoms with Crippen LogP contribution in [-0.2, 0) is 0 Å². The quantitative estimate of drug-likeness (QED) is 0.549. The van der Waals surface area contributed by atoms with Crippen LogP contribution in [0.4, 0.5) is 0 Å². The molecule has 0 aliphatic carbocycles. The third-order valence-electron chi connectivity index (χ3n) is 1.16. The molecule has 0 radical (unpaired) electrons. The van der Waals surface area contributed by atoms with E-state index in [4.69, 9.17) is 6.42 Å². The second-order valence-corrected chi connectivity index (χ2v) is 1.76. The lowest BCUT2D eigenvalue weighted by Crippen LogP contribution is -2.15. The Hall–Kier alpha value is -1.34. The van der Waals surface area contributed by atoms with E-state index < -0.39 is 0 Å². The highest BCUT2D eigenvalue weighted by Crippen LogP contribution is 2.01. The summed E-state index contributed by atoms with van der Waals surface area (Å²) in [6.45, 7) is 0. The number of hydrogen-bond donors (Lipinski definition) is 2. The number of rotatable bonds is 2. The summed E-state index contributed by atoms with van der Waals surface area (Å²) in [4.78, 5) is 3.89. The van der Waals surface area contributed by atoms with Crippen molar-refractivity contribution in [3.63, 3.8) is 0 Å². The van der Waals surface area contributed by atoms with Gasteiger partial charge in [-0.15, -0.1) is 6.42 Å². The van der Waals surface area contributed by atoms with Gasteiger partial charge >= 0.3 is 0 Å². The van der Waals surface area contributed by atoms with Gasteiger partial charge in [0.05, 0.1) is 0 Å². The number of nitrogens with one attached hydrogen (secondary N) is 2. The zero-order valence-corrected chi connectivity index (χ0v) is 5.63. The van der Waals surface area contributed by atoms with E-state index in [1.165, 1.54) is 6.33 Å². The summed E-state index contributed by atoms with van der Waals surface area (Å²) in [6, 6.07) is -0.164. The summed E-state index contributed by atoms with van der Waals surface area (Å²) in [5.41, 5.74) is 0. The fourth-order valence-electron chi connectivity index (χ4n) is 0.653. The Morgan fingerprint density at radius 2 is 2.70 bits per heavy atom. The molecule has 10 heavy (non-hydrogen) atoms. The van der Waals surface area contributed by atoms with Gasteiger partial charge in [-0.25, -0.2) is 4.98 Å². The van der Waals surface area contributed by atoms with Crippen LogP contribution < -0.4 is 5.32 Å². The van der Waals surface area contributed by atoms with Gasteiger partial charge in [-0.2, -0.15) is 5.10 Å². The van der Waals surface area contributed by atoms with Gasteiger partial charge in [0.25, 0.3) is 0 Å². The molecule has 0 fully saturated rings. The molecule has 0 saturated carbocycles. The average Bonchev–Trinajstić information content (AvgIpc) is 2.43. The lowest BCUT2D eigenvalue weighted by molar-refractivity contribution is 0.689. The summed E-state index contributed by atoms with van der Waals surface area (Å²) in [5, 5.41) is 9.22. The zero-order valence-electron chi connectivity index (χ0n) is 5.63. The minimum Gasteiger partial charge on any atom is -0.300 e. The second-order valence-electron chi connectivity index (χ2n) is 1.76. The fourth-order valence-corrected chi connectivity index (χ4v) is 0.653. The van der Waals surface area contributed by atoms with E-state index in [2.05, 4.69) is 26.4 Å². The normalized spacial score (nSPS) is 12.4. The summed E-state index contributed by atoms with van der Waals surface area (Å²) in [5.74, 6) is 3.18. The van der Waals surface area contributed by atoms with Gasteiger partial charge in [0.2, 0.25) is 0 Å². The minimum absolute atomic E-state index is 0.164. The van der Waals surface area contributed by atoms with Crippen LogP contribution in [0.15, 0.2) is 6.33 Å². The molecule has 0 aliphatic rings. The topological polar surface area (TPSA) is 53.6 Å². The highest BCUT2D eigenvalue weighted by Gasteiger charge is 2.06. The standard InChI is InChI=1S/C6H8N4/c1-3-5(7-2)6-8-4-9-10-6/h1,4-5,7H,2H3,(H,8,9,10). The highest BCUT2D eigenvalue weighted by atomic mass is 15.2. The van der Waals surface area contributed by atoms with E-state index in [1.54, 1.807) is 7.05 Å². The molecule has 0 saturated heterocycles. The van der Waals surface area contributed by atoms with Crippen LogP contribution in [0.2, 0.25) is 0 Å². The molecular weight excluding hydrogens is 128 g/mol. The molecule has 0 aliphatic heterocycles. The van der Waals surface area contributed by atoms with Crippen LogP contribution in [0.1, 0.15) is 11.9 Å². The molecule has 0 amide bonds. The first-order valence-electron chi connectivity index (χ1n) is 2.87. The van der Waals surface area contributed by atoms with Crippen LogP contribution in [0, 0.1) is 12.3 Å². The molecule has 2 N–H and O–H groups in total. The van der Waals surface area contributed by atoms with Crippen LogP contribution in [0.5, 0.6) is 0 Å². The molecule has 4 heteroatoms. The lowest BCUT2D eigenvalue weighted by atomic mass is 10.3. The maximum absolute atomic E-state index is 5.17. The van der Waals surface area contributed by atoms with Gasteiger partial charge < -0.3 is 5.32 Å². The summed E-state index contributed by atoms with van der Waals surface area (Å²) < 4.78 is 0. The van der Waals surface area contributed by atoms with Crippen molar-refractivity contribution in [2.45, 2.75) is 6.04 Å². The van der Waals surface area contributed by atoms with E-state index in [9.17, 15) is 0 Å². The average molecular weight is 136 g/mol. The predicted octanol–water partition coefficient (Wildman–Crippen LogP) is -0.302. The van der Waals surface area contributed by atoms with Crippen LogP contribution in [0.25, 0.3) is 0 Å². The molecule has 0 spiro atoms. The molecule has 1 unspecified atom stereocenters. The van der Waals surface area contributed by atoms with Crippen LogP contribution in [0.3, 0.4) is 0 Å². The Morgan fingerprint density at radius 1 is 1.90 bits per heavy atom. The van der Waals surface area contributed by atoms with Gasteiger partial charge in [0.15, 0.2) is 5.82 Å². The number of aromatic nitrogens is 3. The van der Waals surface area contributed by atoms with Crippen LogP contribution >= 0.6 is 0 Å². The number of nitrogens with zero attached hydrogens (tertiary/aromatic N) is 2. The third-order valence-corrected chi connectivity index (χ3v) is 1.16. The van der Waals surface area contributed by atoms with E-state index in [0.29, 0.717) is 5.82 Å². The molecule has 1 rings (SSSR count). The van der Waals surface area contributed by atoms with Crippen molar-refractivity contribution >= 4 is 0 Å². The second kappa shape index (κ2) is 2.99. The van der Waals surface area contributed by atoms with Gasteiger partial charge in [0, 0.05) is 0 Å². The largest absolute Gasteiger partial charge is 0.300 e. The Labute approximate surface area is 59.1 Å². The zero-order chi connectivity index (χ0) is 7.40. The van der Waals surface area contributed by atoms with Crippen molar-refractivity contribution in [3.05, 3.63) is 12.2 Å². The number of H-pyrrole nitrogens is 1. The Balaban J connectivity index is 2.76. The lowest BCUT2D eigenvalue weighted by Gasteiger charge is -2.02. The summed E-state index contributed by atoms with van der Waals surface area (Å²) in [7, 11) is 1.77. The number of terminal acetylenes is 1. The molecular formula is C6H8N4. The fraction of sp³-hybridized carbons (Fsp3) is 0.333. The highest BCUT2D eigenvalue weighted by molar-refractivity contribution is 5.08. The van der Waals surface area contributed by atoms with E-state index in [0.717, 1.165) is 0 Å². The molecule has 0 bridgehead atoms. The Bertz CT molecular complexity index is 220. The molecule has 1 heterocycles. The predicted molar refractivity (Wildman–Crippen MR) is 37.0 cm³/mol. The van der Waals surface area contributed by atoms with Crippen molar-refractivity contribution < 1.29 is 0 Å². The monoisotopic (exact) mass is 136 g/mol. The van der Waals surface area contributed by atoms with Crippen molar-refractivity contribution in [1.29, 1.82) is 0 Å². The first-order valence-corrected chi connectivity index (χ1v) is 2.87. The molecule has 1 aromatic heterocycles. The molecule has 0 aromatic carbocycles. The van der Waals surface area contributed by atoms with Crippen molar-refractivity contribution in [3.8, 4) is 12.3 Å². The smallest absolute Gasteiger partial charge is 0.153 e. The van der Waals surface area contributed by atoms with Gasteiger partial charge in [-0.1, -0.05) is 5.92 Å². The summed E-state index contributed by atoms with van der Waals surface area (Å²) >= 11 is 0. The Kier molecular flexibility index (Phi) is 2.03. The van der Waals surface area contributed by atoms with E-state index >= 15 is 0 Å². The van der Waals surface area contributed by atoms with E-state index in [1.807, 2.05) is 0 Å². The van der Waals surface area contributed by atoms with E-state index in [-0.39, 0.29) is 6.04 Å². The van der Waals surface area contributed by atoms with Crippen molar-refractivity contribution in [2.24, 2.45) is 0 Å². The molecule has 1 atom stereocenters. The maximum atomic E-state index is 5.17.